The van der Waals surface area contributed by atoms with E-state index < -0.39 is 0 Å². The van der Waals surface area contributed by atoms with Crippen molar-refractivity contribution in [1.82, 2.24) is 14.8 Å². The summed E-state index contributed by atoms with van der Waals surface area (Å²) in [5.74, 6) is 0.904. The Hall–Kier alpha value is -3.16. The first kappa shape index (κ1) is 19.2. The van der Waals surface area contributed by atoms with Crippen LogP contribution < -0.4 is 10.1 Å². The van der Waals surface area contributed by atoms with Crippen LogP contribution in [0.1, 0.15) is 21.7 Å². The molecular formula is C21H17ClN4O2S. The van der Waals surface area contributed by atoms with E-state index in [9.17, 15) is 4.79 Å². The van der Waals surface area contributed by atoms with E-state index in [2.05, 4.69) is 15.4 Å². The average Bonchev–Trinajstić information content (AvgIpc) is 3.36. The smallest absolute Gasteiger partial charge is 0.256 e. The van der Waals surface area contributed by atoms with Crippen molar-refractivity contribution >= 4 is 34.7 Å². The predicted octanol–water partition coefficient (Wildman–Crippen LogP) is 5.12. The summed E-state index contributed by atoms with van der Waals surface area (Å²) in [4.78, 5) is 17.0. The number of ether oxygens (including phenoxy) is 1. The van der Waals surface area contributed by atoms with Crippen LogP contribution in [0.5, 0.6) is 5.75 Å². The Morgan fingerprint density at radius 3 is 2.86 bits per heavy atom. The van der Waals surface area contributed by atoms with Crippen molar-refractivity contribution in [1.29, 1.82) is 0 Å². The molecule has 1 amide bonds. The lowest BCUT2D eigenvalue weighted by Crippen LogP contribution is -2.15. The summed E-state index contributed by atoms with van der Waals surface area (Å²) in [7, 11) is 0. The SMILES string of the molecule is Cc1cc(NC(=O)c2cccc(OCc3cscn3)c2)n(-c2cccc(Cl)c2)n1. The zero-order valence-electron chi connectivity index (χ0n) is 15.5. The summed E-state index contributed by atoms with van der Waals surface area (Å²) >= 11 is 7.61. The molecule has 8 heteroatoms. The van der Waals surface area contributed by atoms with Crippen LogP contribution in [0.4, 0.5) is 5.82 Å². The van der Waals surface area contributed by atoms with Crippen LogP contribution in [0.25, 0.3) is 5.69 Å². The Balaban J connectivity index is 1.52. The molecule has 0 saturated heterocycles. The third-order valence-corrected chi connectivity index (χ3v) is 4.96. The quantitative estimate of drug-likeness (QED) is 0.466. The van der Waals surface area contributed by atoms with Gasteiger partial charge in [-0.2, -0.15) is 5.10 Å². The number of aromatic nitrogens is 3. The lowest BCUT2D eigenvalue weighted by molar-refractivity contribution is 0.102. The van der Waals surface area contributed by atoms with Crippen LogP contribution in [0.15, 0.2) is 65.5 Å². The van der Waals surface area contributed by atoms with Gasteiger partial charge in [-0.3, -0.25) is 4.79 Å². The first-order valence-corrected chi connectivity index (χ1v) is 10.1. The molecule has 6 nitrogen and oxygen atoms in total. The van der Waals surface area contributed by atoms with Crippen molar-refractivity contribution in [3.63, 3.8) is 0 Å². The van der Waals surface area contributed by atoms with Gasteiger partial charge in [-0.25, -0.2) is 9.67 Å². The number of carbonyl (C=O) groups is 1. The Bertz CT molecular complexity index is 1140. The zero-order valence-corrected chi connectivity index (χ0v) is 17.1. The summed E-state index contributed by atoms with van der Waals surface area (Å²) in [5, 5.41) is 9.89. The number of carbonyl (C=O) groups excluding carboxylic acids is 1. The molecule has 1 N–H and O–H groups in total. The van der Waals surface area contributed by atoms with Gasteiger partial charge in [0.2, 0.25) is 0 Å². The highest BCUT2D eigenvalue weighted by atomic mass is 35.5. The summed E-state index contributed by atoms with van der Waals surface area (Å²) < 4.78 is 7.39. The van der Waals surface area contributed by atoms with Crippen molar-refractivity contribution in [3.8, 4) is 11.4 Å². The molecule has 0 aliphatic heterocycles. The van der Waals surface area contributed by atoms with Gasteiger partial charge in [0.1, 0.15) is 18.2 Å². The van der Waals surface area contributed by atoms with Gasteiger partial charge in [0, 0.05) is 22.0 Å². The maximum atomic E-state index is 12.8. The molecule has 0 bridgehead atoms. The molecule has 0 radical (unpaired) electrons. The largest absolute Gasteiger partial charge is 0.487 e. The zero-order chi connectivity index (χ0) is 20.2. The molecule has 2 aromatic heterocycles. The Morgan fingerprint density at radius 2 is 2.07 bits per heavy atom. The van der Waals surface area contributed by atoms with E-state index in [0.717, 1.165) is 17.1 Å². The number of halogens is 1. The third-order valence-electron chi connectivity index (χ3n) is 4.09. The molecule has 29 heavy (non-hydrogen) atoms. The Kier molecular flexibility index (Phi) is 5.59. The van der Waals surface area contributed by atoms with Crippen LogP contribution in [0.3, 0.4) is 0 Å². The average molecular weight is 425 g/mol. The van der Waals surface area contributed by atoms with Gasteiger partial charge in [-0.1, -0.05) is 23.7 Å². The Morgan fingerprint density at radius 1 is 1.21 bits per heavy atom. The fraction of sp³-hybridized carbons (Fsp3) is 0.0952. The topological polar surface area (TPSA) is 69.0 Å². The van der Waals surface area contributed by atoms with Gasteiger partial charge in [-0.15, -0.1) is 11.3 Å². The molecule has 4 rings (SSSR count). The first-order valence-electron chi connectivity index (χ1n) is 8.82. The van der Waals surface area contributed by atoms with Crippen molar-refractivity contribution in [2.24, 2.45) is 0 Å². The number of hydrogen-bond acceptors (Lipinski definition) is 5. The number of nitrogens with one attached hydrogen (secondary N) is 1. The van der Waals surface area contributed by atoms with Crippen molar-refractivity contribution in [2.45, 2.75) is 13.5 Å². The highest BCUT2D eigenvalue weighted by Gasteiger charge is 2.13. The normalized spacial score (nSPS) is 10.7. The molecule has 0 unspecified atom stereocenters. The molecule has 0 atom stereocenters. The van der Waals surface area contributed by atoms with Crippen molar-refractivity contribution < 1.29 is 9.53 Å². The molecular weight excluding hydrogens is 408 g/mol. The van der Waals surface area contributed by atoms with Crippen LogP contribution in [0, 0.1) is 6.92 Å². The fourth-order valence-corrected chi connectivity index (χ4v) is 3.50. The number of rotatable bonds is 6. The minimum Gasteiger partial charge on any atom is -0.487 e. The molecule has 4 aromatic rings. The van der Waals surface area contributed by atoms with E-state index in [1.165, 1.54) is 11.3 Å². The number of anilines is 1. The lowest BCUT2D eigenvalue weighted by Gasteiger charge is -2.10. The van der Waals surface area contributed by atoms with Gasteiger partial charge in [0.15, 0.2) is 0 Å². The fourth-order valence-electron chi connectivity index (χ4n) is 2.77. The first-order chi connectivity index (χ1) is 14.1. The predicted molar refractivity (Wildman–Crippen MR) is 114 cm³/mol. The molecule has 0 aliphatic rings. The molecule has 0 aliphatic carbocycles. The van der Waals surface area contributed by atoms with Crippen LogP contribution in [-0.2, 0) is 6.61 Å². The van der Waals surface area contributed by atoms with Crippen LogP contribution in [-0.4, -0.2) is 20.7 Å². The molecule has 0 spiro atoms. The van der Waals surface area contributed by atoms with Crippen LogP contribution in [0.2, 0.25) is 5.02 Å². The van der Waals surface area contributed by atoms with E-state index in [-0.39, 0.29) is 5.91 Å². The third kappa shape index (κ3) is 4.64. The number of aryl methyl sites for hydroxylation is 1. The van der Waals surface area contributed by atoms with Crippen LogP contribution >= 0.6 is 22.9 Å². The maximum absolute atomic E-state index is 12.8. The molecule has 146 valence electrons. The van der Waals surface area contributed by atoms with Gasteiger partial charge < -0.3 is 10.1 Å². The Labute approximate surface area is 176 Å². The lowest BCUT2D eigenvalue weighted by atomic mass is 10.2. The van der Waals surface area contributed by atoms with Crippen molar-refractivity contribution in [3.05, 3.63) is 87.5 Å². The molecule has 2 heterocycles. The molecule has 2 aromatic carbocycles. The second-order valence-corrected chi connectivity index (χ2v) is 7.47. The van der Waals surface area contributed by atoms with Gasteiger partial charge in [0.25, 0.3) is 5.91 Å². The van der Waals surface area contributed by atoms with E-state index in [0.29, 0.717) is 28.8 Å². The number of hydrogen-bond donors (Lipinski definition) is 1. The van der Waals surface area contributed by atoms with Crippen molar-refractivity contribution in [2.75, 3.05) is 5.32 Å². The summed E-state index contributed by atoms with van der Waals surface area (Å²) in [6.07, 6.45) is 0. The second kappa shape index (κ2) is 8.46. The monoisotopic (exact) mass is 424 g/mol. The van der Waals surface area contributed by atoms with E-state index in [4.69, 9.17) is 16.3 Å². The standard InChI is InChI=1S/C21H17ClN4O2S/c1-14-8-20(26(25-14)18-6-3-5-16(22)10-18)24-21(27)15-4-2-7-19(9-15)28-11-17-12-29-13-23-17/h2-10,12-13H,11H2,1H3,(H,24,27). The maximum Gasteiger partial charge on any atom is 0.256 e. The van der Waals surface area contributed by atoms with E-state index >= 15 is 0 Å². The van der Waals surface area contributed by atoms with Gasteiger partial charge in [-0.05, 0) is 43.3 Å². The van der Waals surface area contributed by atoms with Gasteiger partial charge >= 0.3 is 0 Å². The van der Waals surface area contributed by atoms with Gasteiger partial charge in [0.05, 0.1) is 22.6 Å². The summed E-state index contributed by atoms with van der Waals surface area (Å²) in [5.41, 5.74) is 4.64. The minimum atomic E-state index is -0.257. The van der Waals surface area contributed by atoms with E-state index in [1.54, 1.807) is 46.6 Å². The summed E-state index contributed by atoms with van der Waals surface area (Å²) in [6, 6.07) is 16.1. The highest BCUT2D eigenvalue weighted by Crippen LogP contribution is 2.22. The minimum absolute atomic E-state index is 0.257. The second-order valence-electron chi connectivity index (χ2n) is 6.31. The molecule has 0 saturated carbocycles. The number of nitrogens with zero attached hydrogens (tertiary/aromatic N) is 3. The number of thiazole rings is 1. The summed E-state index contributed by atoms with van der Waals surface area (Å²) in [6.45, 7) is 2.22. The highest BCUT2D eigenvalue weighted by molar-refractivity contribution is 7.07. The number of benzene rings is 2. The molecule has 0 fully saturated rings. The number of amides is 1. The van der Waals surface area contributed by atoms with E-state index in [1.807, 2.05) is 30.5 Å².